The summed E-state index contributed by atoms with van der Waals surface area (Å²) in [5.74, 6) is 0. The van der Waals surface area contributed by atoms with Crippen LogP contribution < -0.4 is 5.32 Å². The lowest BCUT2D eigenvalue weighted by Gasteiger charge is -2.18. The van der Waals surface area contributed by atoms with Crippen LogP contribution in [0.25, 0.3) is 0 Å². The van der Waals surface area contributed by atoms with Crippen molar-refractivity contribution in [2.45, 2.75) is 46.1 Å². The molecule has 0 amide bonds. The number of hydrogen-bond acceptors (Lipinski definition) is 2. The Labute approximate surface area is 105 Å². The maximum Gasteiger partial charge on any atom is 0.0664 e. The lowest BCUT2D eigenvalue weighted by atomic mass is 10.1. The van der Waals surface area contributed by atoms with Crippen molar-refractivity contribution < 1.29 is 4.74 Å². The molecule has 1 N–H and O–H groups in total. The van der Waals surface area contributed by atoms with Gasteiger partial charge in [0, 0.05) is 18.3 Å². The Bertz CT molecular complexity index is 312. The van der Waals surface area contributed by atoms with E-state index in [1.54, 1.807) is 0 Å². The third kappa shape index (κ3) is 5.22. The monoisotopic (exact) mass is 235 g/mol. The van der Waals surface area contributed by atoms with Crippen molar-refractivity contribution in [2.24, 2.45) is 0 Å². The molecule has 0 radical (unpaired) electrons. The molecule has 0 saturated carbocycles. The van der Waals surface area contributed by atoms with Crippen LogP contribution in [0.5, 0.6) is 0 Å². The fourth-order valence-corrected chi connectivity index (χ4v) is 1.85. The van der Waals surface area contributed by atoms with Crippen molar-refractivity contribution in [1.82, 2.24) is 0 Å². The zero-order chi connectivity index (χ0) is 12.5. The Kier molecular flexibility index (Phi) is 6.71. The summed E-state index contributed by atoms with van der Waals surface area (Å²) in [4.78, 5) is 0. The lowest BCUT2D eigenvalue weighted by Crippen LogP contribution is -2.22. The molecule has 17 heavy (non-hydrogen) atoms. The van der Waals surface area contributed by atoms with Crippen LogP contribution in [0.2, 0.25) is 0 Å². The van der Waals surface area contributed by atoms with E-state index in [0.717, 1.165) is 19.6 Å². The van der Waals surface area contributed by atoms with Crippen LogP contribution >= 0.6 is 0 Å². The minimum Gasteiger partial charge on any atom is -0.380 e. The van der Waals surface area contributed by atoms with E-state index in [1.807, 2.05) is 6.92 Å². The molecule has 1 aromatic carbocycles. The highest BCUT2D eigenvalue weighted by atomic mass is 16.5. The van der Waals surface area contributed by atoms with Crippen molar-refractivity contribution >= 4 is 5.69 Å². The highest BCUT2D eigenvalue weighted by Gasteiger charge is 2.05. The SMILES string of the molecule is CCCCc1ccccc1NC(C)COCC. The minimum atomic E-state index is 0.359. The average Bonchev–Trinajstić information content (AvgIpc) is 2.35. The fraction of sp³-hybridized carbons (Fsp3) is 0.600. The van der Waals surface area contributed by atoms with E-state index < -0.39 is 0 Å². The van der Waals surface area contributed by atoms with Crippen molar-refractivity contribution in [1.29, 1.82) is 0 Å². The van der Waals surface area contributed by atoms with Crippen LogP contribution in [0.3, 0.4) is 0 Å². The van der Waals surface area contributed by atoms with Gasteiger partial charge in [-0.25, -0.2) is 0 Å². The molecule has 0 spiro atoms. The second-order valence-corrected chi connectivity index (χ2v) is 4.47. The Morgan fingerprint density at radius 3 is 2.71 bits per heavy atom. The van der Waals surface area contributed by atoms with Crippen molar-refractivity contribution in [3.8, 4) is 0 Å². The van der Waals surface area contributed by atoms with Gasteiger partial charge < -0.3 is 10.1 Å². The topological polar surface area (TPSA) is 21.3 Å². The largest absolute Gasteiger partial charge is 0.380 e. The zero-order valence-electron chi connectivity index (χ0n) is 11.3. The number of anilines is 1. The normalized spacial score (nSPS) is 12.4. The second kappa shape index (κ2) is 8.13. The molecule has 0 heterocycles. The van der Waals surface area contributed by atoms with Gasteiger partial charge in [-0.05, 0) is 38.3 Å². The highest BCUT2D eigenvalue weighted by Crippen LogP contribution is 2.18. The van der Waals surface area contributed by atoms with Gasteiger partial charge >= 0.3 is 0 Å². The molecule has 0 fully saturated rings. The molecular weight excluding hydrogens is 210 g/mol. The maximum absolute atomic E-state index is 5.43. The number of nitrogens with one attached hydrogen (secondary N) is 1. The van der Waals surface area contributed by atoms with Crippen LogP contribution in [0, 0.1) is 0 Å². The lowest BCUT2D eigenvalue weighted by molar-refractivity contribution is 0.141. The Balaban J connectivity index is 2.56. The number of unbranched alkanes of at least 4 members (excludes halogenated alkanes) is 1. The van der Waals surface area contributed by atoms with E-state index in [1.165, 1.54) is 24.1 Å². The minimum absolute atomic E-state index is 0.359. The summed E-state index contributed by atoms with van der Waals surface area (Å²) in [5.41, 5.74) is 2.67. The van der Waals surface area contributed by atoms with E-state index in [4.69, 9.17) is 4.74 Å². The highest BCUT2D eigenvalue weighted by molar-refractivity contribution is 5.51. The number of para-hydroxylation sites is 1. The van der Waals surface area contributed by atoms with E-state index in [0.29, 0.717) is 6.04 Å². The van der Waals surface area contributed by atoms with Crippen LogP contribution in [0.1, 0.15) is 39.2 Å². The number of rotatable bonds is 8. The molecule has 0 aromatic heterocycles. The van der Waals surface area contributed by atoms with Gasteiger partial charge in [-0.2, -0.15) is 0 Å². The van der Waals surface area contributed by atoms with E-state index >= 15 is 0 Å². The summed E-state index contributed by atoms with van der Waals surface area (Å²) in [6.07, 6.45) is 3.64. The summed E-state index contributed by atoms with van der Waals surface area (Å²) in [6, 6.07) is 8.94. The van der Waals surface area contributed by atoms with E-state index in [9.17, 15) is 0 Å². The van der Waals surface area contributed by atoms with Crippen LogP contribution in [-0.2, 0) is 11.2 Å². The average molecular weight is 235 g/mol. The second-order valence-electron chi connectivity index (χ2n) is 4.47. The van der Waals surface area contributed by atoms with Gasteiger partial charge in [0.05, 0.1) is 6.61 Å². The molecule has 0 aliphatic rings. The predicted octanol–water partition coefficient (Wildman–Crippen LogP) is 3.87. The summed E-state index contributed by atoms with van der Waals surface area (Å²) < 4.78 is 5.43. The fourth-order valence-electron chi connectivity index (χ4n) is 1.85. The first-order valence-corrected chi connectivity index (χ1v) is 6.70. The Morgan fingerprint density at radius 1 is 1.24 bits per heavy atom. The Hall–Kier alpha value is -1.02. The van der Waals surface area contributed by atoms with Gasteiger partial charge in [-0.1, -0.05) is 31.5 Å². The molecule has 0 saturated heterocycles. The third-order valence-electron chi connectivity index (χ3n) is 2.79. The van der Waals surface area contributed by atoms with Gasteiger partial charge in [-0.3, -0.25) is 0 Å². The predicted molar refractivity (Wildman–Crippen MR) is 74.6 cm³/mol. The maximum atomic E-state index is 5.43. The van der Waals surface area contributed by atoms with Crippen molar-refractivity contribution in [2.75, 3.05) is 18.5 Å². The first-order chi connectivity index (χ1) is 8.27. The molecule has 2 heteroatoms. The van der Waals surface area contributed by atoms with Crippen molar-refractivity contribution in [3.05, 3.63) is 29.8 Å². The van der Waals surface area contributed by atoms with Crippen molar-refractivity contribution in [3.63, 3.8) is 0 Å². The summed E-state index contributed by atoms with van der Waals surface area (Å²) >= 11 is 0. The van der Waals surface area contributed by atoms with E-state index in [-0.39, 0.29) is 0 Å². The summed E-state index contributed by atoms with van der Waals surface area (Å²) in [7, 11) is 0. The molecule has 0 aliphatic carbocycles. The third-order valence-corrected chi connectivity index (χ3v) is 2.79. The van der Waals surface area contributed by atoms with Gasteiger partial charge in [0.1, 0.15) is 0 Å². The molecule has 1 rings (SSSR count). The van der Waals surface area contributed by atoms with Crippen LogP contribution in [0.15, 0.2) is 24.3 Å². The molecule has 0 bridgehead atoms. The molecule has 1 unspecified atom stereocenters. The first kappa shape index (κ1) is 14.0. The number of aryl methyl sites for hydroxylation is 1. The van der Waals surface area contributed by atoms with Gasteiger partial charge in [0.2, 0.25) is 0 Å². The first-order valence-electron chi connectivity index (χ1n) is 6.70. The molecular formula is C15H25NO. The summed E-state index contributed by atoms with van der Waals surface area (Å²) in [6.45, 7) is 7.96. The zero-order valence-corrected chi connectivity index (χ0v) is 11.3. The molecule has 96 valence electrons. The molecule has 0 aliphatic heterocycles. The van der Waals surface area contributed by atoms with Gasteiger partial charge in [0.25, 0.3) is 0 Å². The standard InChI is InChI=1S/C15H25NO/c1-4-6-9-14-10-7-8-11-15(14)16-13(3)12-17-5-2/h7-8,10-11,13,16H,4-6,9,12H2,1-3H3. The summed E-state index contributed by atoms with van der Waals surface area (Å²) in [5, 5.41) is 3.53. The number of hydrogen-bond donors (Lipinski definition) is 1. The quantitative estimate of drug-likeness (QED) is 0.738. The number of ether oxygens (including phenoxy) is 1. The molecule has 1 atom stereocenters. The molecule has 2 nitrogen and oxygen atoms in total. The van der Waals surface area contributed by atoms with Gasteiger partial charge in [0.15, 0.2) is 0 Å². The van der Waals surface area contributed by atoms with E-state index in [2.05, 4.69) is 43.4 Å². The smallest absolute Gasteiger partial charge is 0.0664 e. The van der Waals surface area contributed by atoms with Gasteiger partial charge in [-0.15, -0.1) is 0 Å². The van der Waals surface area contributed by atoms with Crippen LogP contribution in [-0.4, -0.2) is 19.3 Å². The Morgan fingerprint density at radius 2 is 2.00 bits per heavy atom. The van der Waals surface area contributed by atoms with Crippen LogP contribution in [0.4, 0.5) is 5.69 Å². The number of benzene rings is 1. The molecule has 1 aromatic rings.